The molecule has 8 aromatic carbocycles. The van der Waals surface area contributed by atoms with Crippen molar-refractivity contribution in [1.82, 2.24) is 18.7 Å². The second kappa shape index (κ2) is 18.9. The summed E-state index contributed by atoms with van der Waals surface area (Å²) in [4.78, 5) is 5.16. The Bertz CT molecular complexity index is 3990. The minimum atomic E-state index is 0.605. The van der Waals surface area contributed by atoms with E-state index < -0.39 is 0 Å². The van der Waals surface area contributed by atoms with Crippen LogP contribution < -0.4 is 4.74 Å². The smallest absolute Gasteiger partial charge is 0.0581 e. The van der Waals surface area contributed by atoms with Crippen LogP contribution in [0.1, 0.15) is 91.9 Å². The van der Waals surface area contributed by atoms with Crippen molar-refractivity contribution in [3.05, 3.63) is 220 Å². The molecule has 0 bridgehead atoms. The van der Waals surface area contributed by atoms with Gasteiger partial charge in [-0.1, -0.05) is 55.7 Å². The molecule has 0 spiro atoms. The molecule has 3 heterocycles. The number of para-hydroxylation sites is 3. The number of nitrogens with zero attached hydrogens (tertiary/aromatic N) is 4. The number of pyridine rings is 1. The summed E-state index contributed by atoms with van der Waals surface area (Å²) in [5.74, 6) is 4.14. The van der Waals surface area contributed by atoms with E-state index in [1.165, 1.54) is 108 Å². The summed E-state index contributed by atoms with van der Waals surface area (Å²) in [6.45, 7) is 2.20. The second-order valence-corrected chi connectivity index (χ2v) is 22.0. The van der Waals surface area contributed by atoms with E-state index in [1.54, 1.807) is 5.56 Å². The zero-order chi connectivity index (χ0) is 49.3. The van der Waals surface area contributed by atoms with Gasteiger partial charge in [0, 0.05) is 11.8 Å². The first-order valence-corrected chi connectivity index (χ1v) is 27.9. The van der Waals surface area contributed by atoms with Gasteiger partial charge in [0.1, 0.15) is 0 Å². The Morgan fingerprint density at radius 3 is 2.04 bits per heavy atom. The van der Waals surface area contributed by atoms with Gasteiger partial charge in [-0.05, 0) is 42.4 Å². The molecule has 0 saturated heterocycles. The maximum atomic E-state index is 6.82. The van der Waals surface area contributed by atoms with Gasteiger partial charge in [-0.25, -0.2) is 0 Å². The Balaban J connectivity index is 0.861. The first-order valence-electron chi connectivity index (χ1n) is 26.8. The number of ether oxygens (including phenoxy) is 1. The Morgan fingerprint density at radius 2 is 1.26 bits per heavy atom. The van der Waals surface area contributed by atoms with Crippen molar-refractivity contribution >= 4 is 32.8 Å². The van der Waals surface area contributed by atoms with Gasteiger partial charge in [0.05, 0.1) is 0 Å². The summed E-state index contributed by atoms with van der Waals surface area (Å²) in [6, 6.07) is 71.5. The van der Waals surface area contributed by atoms with E-state index in [0.717, 1.165) is 66.1 Å². The number of aryl methyl sites for hydroxylation is 1. The van der Waals surface area contributed by atoms with Gasteiger partial charge in [-0.15, -0.1) is 0 Å². The first-order chi connectivity index (χ1) is 36.5. The van der Waals surface area contributed by atoms with Crippen LogP contribution in [0.3, 0.4) is 0 Å². The van der Waals surface area contributed by atoms with Crippen molar-refractivity contribution in [1.29, 1.82) is 0 Å². The fourth-order valence-electron chi connectivity index (χ4n) is 13.2. The molecule has 5 nitrogen and oxygen atoms in total. The second-order valence-electron chi connectivity index (χ2n) is 20.9. The van der Waals surface area contributed by atoms with Crippen LogP contribution in [-0.4, -0.2) is 18.7 Å². The summed E-state index contributed by atoms with van der Waals surface area (Å²) in [6.07, 6.45) is 15.0. The summed E-state index contributed by atoms with van der Waals surface area (Å²) in [5, 5.41) is 2.25. The van der Waals surface area contributed by atoms with Gasteiger partial charge >= 0.3 is 337 Å². The molecule has 3 aliphatic rings. The summed E-state index contributed by atoms with van der Waals surface area (Å²) in [7, 11) is 0. The monoisotopic (exact) mass is 1140 g/mol. The molecule has 2 fully saturated rings. The molecule has 0 radical (unpaired) electrons. The number of fused-ring (bicyclic) bond motifs is 7. The topological polar surface area (TPSA) is 36.9 Å². The third kappa shape index (κ3) is 7.77. The van der Waals surface area contributed by atoms with Crippen molar-refractivity contribution < 1.29 is 24.1 Å². The number of hydrogen-bond acceptors (Lipinski definition) is 2. The Morgan fingerprint density at radius 1 is 0.554 bits per heavy atom. The van der Waals surface area contributed by atoms with Gasteiger partial charge in [0.25, 0.3) is 0 Å². The number of rotatable bonds is 9. The van der Waals surface area contributed by atoms with Gasteiger partial charge in [0.2, 0.25) is 0 Å². The fourth-order valence-corrected chi connectivity index (χ4v) is 14.3. The minimum Gasteiger partial charge on any atom is -0.0581 e. The number of imidazole rings is 1. The van der Waals surface area contributed by atoms with E-state index in [9.17, 15) is 0 Å². The molecule has 3 aromatic heterocycles. The van der Waals surface area contributed by atoms with Crippen molar-refractivity contribution in [2.24, 2.45) is 5.92 Å². The molecule has 11 aromatic rings. The van der Waals surface area contributed by atoms with Gasteiger partial charge in [0.15, 0.2) is 0 Å². The predicted octanol–water partition coefficient (Wildman–Crippen LogP) is 17.6. The zero-order valence-corrected chi connectivity index (χ0v) is 43.9. The Hall–Kier alpha value is -7.33. The fraction of sp³-hybridized carbons (Fsp3) is 0.206. The molecule has 366 valence electrons. The average molecular weight is 1140 g/mol. The molecule has 6 heteroatoms. The molecule has 0 amide bonds. The summed E-state index contributed by atoms with van der Waals surface area (Å²) >= 11 is 2.56. The summed E-state index contributed by atoms with van der Waals surface area (Å²) < 4.78 is 15.0. The normalized spacial score (nSPS) is 16.7. The SMILES string of the molecule is Cc1cc(-n2c3[c-]c(Oc4[c-]c(-n5[c](=[Pt])n(-c6c(-c7ccccc7)cc7c(c6-c6ccccc6)CCC6CCCC76)c6ccccc65)ccc4)ccc3c3ccccc32)ncc1-c1ccc(C2CCCCC2)cc1. The van der Waals surface area contributed by atoms with Crippen molar-refractivity contribution in [2.75, 3.05) is 0 Å². The molecule has 2 unspecified atom stereocenters. The number of hydrogen-bond donors (Lipinski definition) is 0. The van der Waals surface area contributed by atoms with Crippen LogP contribution >= 0.6 is 0 Å². The molecule has 74 heavy (non-hydrogen) atoms. The minimum absolute atomic E-state index is 0.605. The quantitative estimate of drug-likeness (QED) is 0.135. The number of aromatic nitrogens is 4. The zero-order valence-electron chi connectivity index (χ0n) is 41.6. The van der Waals surface area contributed by atoms with Crippen LogP contribution in [-0.2, 0) is 25.8 Å². The molecular formula is C68H56N4OPt-2. The third-order valence-electron chi connectivity index (χ3n) is 16.7. The van der Waals surface area contributed by atoms with Crippen LogP contribution in [0, 0.1) is 28.8 Å². The maximum absolute atomic E-state index is 6.82. The molecule has 0 N–H and O–H groups in total. The van der Waals surface area contributed by atoms with E-state index >= 15 is 0 Å². The van der Waals surface area contributed by atoms with Crippen LogP contribution in [0.15, 0.2) is 182 Å². The van der Waals surface area contributed by atoms with E-state index in [0.29, 0.717) is 23.3 Å². The standard InChI is InChI=1S/C68H56N4O.Pt/c1-45-39-66(69-43-61(45)50-33-31-47(32-34-50)46-17-5-2-6-18-46)72-62-28-12-11-26-56(62)57-38-36-54(41-65(57)72)73-53-25-16-24-52(40-53)70-44-71(64-30-14-13-29-63(64)70)68-59(48-19-7-3-8-20-48)42-60-55-27-15-23-49(55)35-37-58(60)67(68)51-21-9-4-10-22-51;/h3-4,7-14,16,19-22,24-26,28-34,36,38-39,42-43,46,49,55H,2,5-6,15,17-18,23,27,35,37H2,1H3;/q-2;. The van der Waals surface area contributed by atoms with Crippen LogP contribution in [0.5, 0.6) is 11.5 Å². The van der Waals surface area contributed by atoms with Gasteiger partial charge in [-0.3, -0.25) is 0 Å². The first kappa shape index (κ1) is 45.3. The van der Waals surface area contributed by atoms with E-state index in [4.69, 9.17) is 9.72 Å². The molecule has 2 atom stereocenters. The van der Waals surface area contributed by atoms with Crippen molar-refractivity contribution in [2.45, 2.75) is 83.0 Å². The van der Waals surface area contributed by atoms with E-state index in [-0.39, 0.29) is 0 Å². The van der Waals surface area contributed by atoms with Crippen molar-refractivity contribution in [3.63, 3.8) is 0 Å². The van der Waals surface area contributed by atoms with Crippen LogP contribution in [0.25, 0.3) is 83.4 Å². The Kier molecular flexibility index (Phi) is 11.5. The Labute approximate surface area is 444 Å². The average Bonchev–Trinajstić information content (AvgIpc) is 4.19. The van der Waals surface area contributed by atoms with E-state index in [1.807, 2.05) is 18.3 Å². The van der Waals surface area contributed by atoms with Crippen LogP contribution in [0.2, 0.25) is 0 Å². The third-order valence-corrected chi connectivity index (χ3v) is 17.8. The molecule has 14 rings (SSSR count). The molecule has 2 saturated carbocycles. The molecule has 0 aliphatic heterocycles. The van der Waals surface area contributed by atoms with Gasteiger partial charge in [-0.2, -0.15) is 0 Å². The molecular weight excluding hydrogens is 1080 g/mol. The van der Waals surface area contributed by atoms with E-state index in [2.05, 4.69) is 216 Å². The predicted molar refractivity (Wildman–Crippen MR) is 297 cm³/mol. The van der Waals surface area contributed by atoms with Gasteiger partial charge < -0.3 is 0 Å². The molecule has 3 aliphatic carbocycles. The summed E-state index contributed by atoms with van der Waals surface area (Å²) in [5.41, 5.74) is 19.6. The number of benzene rings is 8. The van der Waals surface area contributed by atoms with Crippen molar-refractivity contribution in [3.8, 4) is 62.1 Å². The van der Waals surface area contributed by atoms with Crippen LogP contribution in [0.4, 0.5) is 0 Å².